The number of aryl methyl sites for hydroxylation is 4. The Kier molecular flexibility index (Phi) is 4.84. The molecule has 0 bridgehead atoms. The molecule has 0 radical (unpaired) electrons. The lowest BCUT2D eigenvalue weighted by atomic mass is 9.83. The van der Waals surface area contributed by atoms with E-state index < -0.39 is 11.8 Å². The Hall–Kier alpha value is -3.18. The molecule has 2 aromatic carbocycles. The maximum absolute atomic E-state index is 12.5. The van der Waals surface area contributed by atoms with E-state index >= 15 is 0 Å². The predicted octanol–water partition coefficient (Wildman–Crippen LogP) is 4.30. The van der Waals surface area contributed by atoms with Gasteiger partial charge in [-0.05, 0) is 51.0 Å². The van der Waals surface area contributed by atoms with Gasteiger partial charge in [-0.3, -0.25) is 0 Å². The Morgan fingerprint density at radius 3 is 1.38 bits per heavy atom. The van der Waals surface area contributed by atoms with Crippen LogP contribution >= 0.6 is 0 Å². The lowest BCUT2D eigenvalue weighted by Gasteiger charge is -2.38. The molecule has 4 aromatic rings. The second kappa shape index (κ2) is 7.33. The van der Waals surface area contributed by atoms with Crippen LogP contribution in [0.2, 0.25) is 0 Å². The fourth-order valence-corrected chi connectivity index (χ4v) is 4.09. The second-order valence-electron chi connectivity index (χ2n) is 7.62. The molecule has 0 atom stereocenters. The van der Waals surface area contributed by atoms with Crippen LogP contribution in [0.4, 0.5) is 0 Å². The van der Waals surface area contributed by atoms with Crippen molar-refractivity contribution in [1.82, 2.24) is 19.6 Å². The summed E-state index contributed by atoms with van der Waals surface area (Å²) in [6.45, 7) is 7.95. The summed E-state index contributed by atoms with van der Waals surface area (Å²) in [4.78, 5) is 0. The molecule has 0 saturated carbocycles. The molecule has 2 aromatic heterocycles. The number of aliphatic hydroxyl groups is 1. The standard InChI is InChI=1S/C24H26N4O/c1-17-15-19(3)27(25-17)23(28-20(4)16-18(2)26-28)24(29,21-11-7-5-8-12-21)22-13-9-6-10-14-22/h5-16,23,29H,1-4H3. The van der Waals surface area contributed by atoms with Crippen molar-refractivity contribution in [2.24, 2.45) is 0 Å². The van der Waals surface area contributed by atoms with Crippen molar-refractivity contribution in [3.05, 3.63) is 107 Å². The van der Waals surface area contributed by atoms with Gasteiger partial charge in [0.15, 0.2) is 11.8 Å². The van der Waals surface area contributed by atoms with Gasteiger partial charge < -0.3 is 5.11 Å². The van der Waals surface area contributed by atoms with E-state index in [0.29, 0.717) is 0 Å². The van der Waals surface area contributed by atoms with Crippen LogP contribution in [-0.2, 0) is 5.60 Å². The van der Waals surface area contributed by atoms with Crippen LogP contribution in [0.5, 0.6) is 0 Å². The summed E-state index contributed by atoms with van der Waals surface area (Å²) in [5, 5.41) is 22.0. The number of nitrogens with zero attached hydrogens (tertiary/aromatic N) is 4. The lowest BCUT2D eigenvalue weighted by molar-refractivity contribution is -0.00375. The second-order valence-corrected chi connectivity index (χ2v) is 7.62. The van der Waals surface area contributed by atoms with E-state index in [1.165, 1.54) is 0 Å². The maximum Gasteiger partial charge on any atom is 0.180 e. The van der Waals surface area contributed by atoms with Crippen LogP contribution in [0, 0.1) is 27.7 Å². The van der Waals surface area contributed by atoms with Gasteiger partial charge in [0, 0.05) is 11.4 Å². The molecule has 1 N–H and O–H groups in total. The van der Waals surface area contributed by atoms with Crippen LogP contribution in [-0.4, -0.2) is 24.7 Å². The van der Waals surface area contributed by atoms with Gasteiger partial charge in [-0.2, -0.15) is 10.2 Å². The predicted molar refractivity (Wildman–Crippen MR) is 114 cm³/mol. The zero-order chi connectivity index (χ0) is 20.6. The van der Waals surface area contributed by atoms with Crippen LogP contribution in [0.1, 0.15) is 40.1 Å². The highest BCUT2D eigenvalue weighted by atomic mass is 16.3. The Morgan fingerprint density at radius 2 is 1.07 bits per heavy atom. The molecule has 0 fully saturated rings. The number of aromatic nitrogens is 4. The first-order chi connectivity index (χ1) is 13.9. The van der Waals surface area contributed by atoms with Gasteiger partial charge in [-0.15, -0.1) is 0 Å². The third-order valence-corrected chi connectivity index (χ3v) is 5.35. The summed E-state index contributed by atoms with van der Waals surface area (Å²) in [6, 6.07) is 23.6. The van der Waals surface area contributed by atoms with Crippen molar-refractivity contribution in [2.75, 3.05) is 0 Å². The van der Waals surface area contributed by atoms with E-state index in [-0.39, 0.29) is 0 Å². The third-order valence-electron chi connectivity index (χ3n) is 5.35. The average Bonchev–Trinajstić information content (AvgIpc) is 3.23. The van der Waals surface area contributed by atoms with Crippen molar-refractivity contribution in [1.29, 1.82) is 0 Å². The summed E-state index contributed by atoms with van der Waals surface area (Å²) in [7, 11) is 0. The molecule has 0 saturated heterocycles. The molecule has 0 amide bonds. The largest absolute Gasteiger partial charge is 0.376 e. The highest BCUT2D eigenvalue weighted by Crippen LogP contribution is 2.41. The molecule has 29 heavy (non-hydrogen) atoms. The molecule has 5 nitrogen and oxygen atoms in total. The number of rotatable bonds is 5. The molecular formula is C24H26N4O. The first-order valence-electron chi connectivity index (χ1n) is 9.80. The van der Waals surface area contributed by atoms with Gasteiger partial charge in [-0.25, -0.2) is 9.36 Å². The van der Waals surface area contributed by atoms with Crippen molar-refractivity contribution in [3.8, 4) is 0 Å². The zero-order valence-electron chi connectivity index (χ0n) is 17.2. The summed E-state index contributed by atoms with van der Waals surface area (Å²) < 4.78 is 3.77. The van der Waals surface area contributed by atoms with E-state index in [1.54, 1.807) is 0 Å². The van der Waals surface area contributed by atoms with Gasteiger partial charge in [0.2, 0.25) is 0 Å². The summed E-state index contributed by atoms with van der Waals surface area (Å²) in [5.41, 5.74) is 3.92. The number of hydrogen-bond acceptors (Lipinski definition) is 3. The molecule has 0 aliphatic heterocycles. The molecule has 2 heterocycles. The smallest absolute Gasteiger partial charge is 0.180 e. The zero-order valence-corrected chi connectivity index (χ0v) is 17.2. The van der Waals surface area contributed by atoms with E-state index in [2.05, 4.69) is 0 Å². The monoisotopic (exact) mass is 386 g/mol. The molecule has 0 unspecified atom stereocenters. The van der Waals surface area contributed by atoms with E-state index in [0.717, 1.165) is 33.9 Å². The van der Waals surface area contributed by atoms with Crippen molar-refractivity contribution >= 4 is 0 Å². The van der Waals surface area contributed by atoms with Gasteiger partial charge in [-0.1, -0.05) is 60.7 Å². The Labute approximate surface area is 171 Å². The van der Waals surface area contributed by atoms with Crippen molar-refractivity contribution in [3.63, 3.8) is 0 Å². The minimum absolute atomic E-state index is 0.588. The minimum atomic E-state index is -1.38. The quantitative estimate of drug-likeness (QED) is 0.556. The third kappa shape index (κ3) is 3.28. The van der Waals surface area contributed by atoms with Crippen molar-refractivity contribution in [2.45, 2.75) is 39.5 Å². The van der Waals surface area contributed by atoms with E-state index in [9.17, 15) is 5.11 Å². The average molecular weight is 386 g/mol. The Balaban J connectivity index is 2.07. The molecule has 0 aliphatic carbocycles. The summed E-state index contributed by atoms with van der Waals surface area (Å²) >= 11 is 0. The summed E-state index contributed by atoms with van der Waals surface area (Å²) in [5.74, 6) is 0. The topological polar surface area (TPSA) is 55.9 Å². The Morgan fingerprint density at radius 1 is 0.690 bits per heavy atom. The highest BCUT2D eigenvalue weighted by molar-refractivity contribution is 5.38. The van der Waals surface area contributed by atoms with Crippen molar-refractivity contribution < 1.29 is 5.11 Å². The molecule has 5 heteroatoms. The maximum atomic E-state index is 12.5. The van der Waals surface area contributed by atoms with Crippen LogP contribution in [0.3, 0.4) is 0 Å². The minimum Gasteiger partial charge on any atom is -0.376 e. The number of benzene rings is 2. The molecule has 148 valence electrons. The van der Waals surface area contributed by atoms with Crippen LogP contribution in [0.25, 0.3) is 0 Å². The van der Waals surface area contributed by atoms with E-state index in [4.69, 9.17) is 10.2 Å². The van der Waals surface area contributed by atoms with Crippen LogP contribution in [0.15, 0.2) is 72.8 Å². The van der Waals surface area contributed by atoms with E-state index in [1.807, 2.05) is 110 Å². The Bertz CT molecular complexity index is 1030. The highest BCUT2D eigenvalue weighted by Gasteiger charge is 2.45. The molecule has 0 aliphatic rings. The van der Waals surface area contributed by atoms with Crippen LogP contribution < -0.4 is 0 Å². The van der Waals surface area contributed by atoms with Gasteiger partial charge in [0.25, 0.3) is 0 Å². The molecule has 0 spiro atoms. The van der Waals surface area contributed by atoms with Gasteiger partial charge >= 0.3 is 0 Å². The fourth-order valence-electron chi connectivity index (χ4n) is 4.09. The first kappa shape index (κ1) is 19.2. The fraction of sp³-hybridized carbons (Fsp3) is 0.250. The normalized spacial score (nSPS) is 11.9. The van der Waals surface area contributed by atoms with Gasteiger partial charge in [0.1, 0.15) is 0 Å². The molecular weight excluding hydrogens is 360 g/mol. The summed E-state index contributed by atoms with van der Waals surface area (Å²) in [6.07, 6.45) is -0.588. The molecule has 4 rings (SSSR count). The SMILES string of the molecule is Cc1cc(C)n(C(n2nc(C)cc2C)C(O)(c2ccccc2)c2ccccc2)n1. The lowest BCUT2D eigenvalue weighted by Crippen LogP contribution is -2.44. The van der Waals surface area contributed by atoms with Gasteiger partial charge in [0.05, 0.1) is 11.4 Å². The number of hydrogen-bond donors (Lipinski definition) is 1. The first-order valence-corrected chi connectivity index (χ1v) is 9.80.